The minimum atomic E-state index is 0.389. The van der Waals surface area contributed by atoms with Gasteiger partial charge in [0.1, 0.15) is 0 Å². The molecule has 0 N–H and O–H groups in total. The quantitative estimate of drug-likeness (QED) is 0.299. The zero-order valence-electron chi connectivity index (χ0n) is 4.77. The predicted molar refractivity (Wildman–Crippen MR) is 32.1 cm³/mol. The fraction of sp³-hybridized carbons (Fsp3) is 0.167. The van der Waals surface area contributed by atoms with E-state index in [1.165, 1.54) is 6.08 Å². The monoisotopic (exact) mass is 109 g/mol. The van der Waals surface area contributed by atoms with Crippen molar-refractivity contribution in [3.8, 4) is 0 Å². The van der Waals surface area contributed by atoms with Gasteiger partial charge in [0.25, 0.3) is 0 Å². The molecule has 0 radical (unpaired) electrons. The summed E-state index contributed by atoms with van der Waals surface area (Å²) in [7, 11) is 0. The Morgan fingerprint density at radius 3 is 2.25 bits per heavy atom. The molecule has 0 aliphatic rings. The van der Waals surface area contributed by atoms with Crippen LogP contribution in [0.3, 0.4) is 0 Å². The highest BCUT2D eigenvalue weighted by Crippen LogP contribution is 2.01. The summed E-state index contributed by atoms with van der Waals surface area (Å²) in [6.07, 6.45) is 1.36. The third-order valence-electron chi connectivity index (χ3n) is 0.673. The van der Waals surface area contributed by atoms with Crippen LogP contribution in [0.5, 0.6) is 0 Å². The standard InChI is InChI=1S/C6H7NO/c1-5(2)6(3)7-4-8/h1,3H2,2H3. The Kier molecular flexibility index (Phi) is 2.52. The smallest absolute Gasteiger partial charge is 0.211 e. The Morgan fingerprint density at radius 1 is 1.62 bits per heavy atom. The van der Waals surface area contributed by atoms with E-state index in [2.05, 4.69) is 18.2 Å². The van der Waals surface area contributed by atoms with E-state index >= 15 is 0 Å². The normalized spacial score (nSPS) is 7.12. The Bertz CT molecular complexity index is 159. The molecule has 0 aromatic rings. The van der Waals surface area contributed by atoms with E-state index in [9.17, 15) is 4.79 Å². The second-order valence-corrected chi connectivity index (χ2v) is 1.43. The second-order valence-electron chi connectivity index (χ2n) is 1.43. The van der Waals surface area contributed by atoms with E-state index in [1.54, 1.807) is 6.92 Å². The van der Waals surface area contributed by atoms with Crippen LogP contribution in [0, 0.1) is 0 Å². The average molecular weight is 109 g/mol. The molecule has 0 heterocycles. The fourth-order valence-electron chi connectivity index (χ4n) is 0.151. The first kappa shape index (κ1) is 6.86. The summed E-state index contributed by atoms with van der Waals surface area (Å²) in [5.74, 6) is 0. The van der Waals surface area contributed by atoms with Gasteiger partial charge >= 0.3 is 0 Å². The maximum absolute atomic E-state index is 9.53. The molecule has 0 bridgehead atoms. The highest BCUT2D eigenvalue weighted by molar-refractivity contribution is 5.40. The van der Waals surface area contributed by atoms with Crippen LogP contribution < -0.4 is 0 Å². The minimum absolute atomic E-state index is 0.389. The molecule has 0 aromatic heterocycles. The van der Waals surface area contributed by atoms with Crippen molar-refractivity contribution in [1.29, 1.82) is 0 Å². The molecule has 0 unspecified atom stereocenters. The van der Waals surface area contributed by atoms with Crippen molar-refractivity contribution in [2.24, 2.45) is 4.99 Å². The van der Waals surface area contributed by atoms with E-state index in [0.717, 1.165) is 0 Å². The second kappa shape index (κ2) is 2.94. The Balaban J connectivity index is 4.05. The largest absolute Gasteiger partial charge is 0.240 e. The van der Waals surface area contributed by atoms with Gasteiger partial charge in [-0.25, -0.2) is 4.79 Å². The van der Waals surface area contributed by atoms with Crippen LogP contribution in [-0.2, 0) is 4.79 Å². The Labute approximate surface area is 48.2 Å². The summed E-state index contributed by atoms with van der Waals surface area (Å²) >= 11 is 0. The molecule has 0 aliphatic heterocycles. The average Bonchev–Trinajstić information content (AvgIpc) is 1.67. The zero-order chi connectivity index (χ0) is 6.57. The van der Waals surface area contributed by atoms with Crippen LogP contribution in [-0.4, -0.2) is 6.08 Å². The number of hydrogen-bond acceptors (Lipinski definition) is 2. The van der Waals surface area contributed by atoms with E-state index in [1.807, 2.05) is 0 Å². The maximum Gasteiger partial charge on any atom is 0.240 e. The summed E-state index contributed by atoms with van der Waals surface area (Å²) in [5, 5.41) is 0. The molecule has 0 amide bonds. The molecule has 0 saturated carbocycles. The van der Waals surface area contributed by atoms with Crippen molar-refractivity contribution in [2.75, 3.05) is 0 Å². The van der Waals surface area contributed by atoms with Crippen molar-refractivity contribution in [3.63, 3.8) is 0 Å². The zero-order valence-corrected chi connectivity index (χ0v) is 4.77. The van der Waals surface area contributed by atoms with Crippen LogP contribution in [0.2, 0.25) is 0 Å². The van der Waals surface area contributed by atoms with Gasteiger partial charge in [0.05, 0.1) is 5.70 Å². The van der Waals surface area contributed by atoms with Crippen LogP contribution in [0.1, 0.15) is 6.92 Å². The molecule has 0 rings (SSSR count). The number of allylic oxidation sites excluding steroid dienone is 1. The number of rotatable bonds is 2. The molecular formula is C6H7NO. The summed E-state index contributed by atoms with van der Waals surface area (Å²) in [5.41, 5.74) is 1.08. The van der Waals surface area contributed by atoms with E-state index in [4.69, 9.17) is 0 Å². The Hall–Kier alpha value is -1.14. The molecule has 42 valence electrons. The van der Waals surface area contributed by atoms with Gasteiger partial charge in [0.2, 0.25) is 6.08 Å². The maximum atomic E-state index is 9.53. The molecule has 2 heteroatoms. The first-order valence-corrected chi connectivity index (χ1v) is 2.11. The lowest BCUT2D eigenvalue weighted by atomic mass is 10.3. The van der Waals surface area contributed by atoms with Gasteiger partial charge in [-0.3, -0.25) is 0 Å². The third kappa shape index (κ3) is 2.11. The lowest BCUT2D eigenvalue weighted by molar-refractivity contribution is 0.565. The molecular weight excluding hydrogens is 102 g/mol. The first-order valence-electron chi connectivity index (χ1n) is 2.11. The fourth-order valence-corrected chi connectivity index (χ4v) is 0.151. The molecule has 2 nitrogen and oxygen atoms in total. The minimum Gasteiger partial charge on any atom is -0.211 e. The van der Waals surface area contributed by atoms with Crippen LogP contribution in [0.4, 0.5) is 0 Å². The van der Waals surface area contributed by atoms with Gasteiger partial charge in [-0.05, 0) is 12.5 Å². The summed E-state index contributed by atoms with van der Waals surface area (Å²) in [6.45, 7) is 8.64. The van der Waals surface area contributed by atoms with Gasteiger partial charge in [-0.2, -0.15) is 4.99 Å². The summed E-state index contributed by atoms with van der Waals surface area (Å²) in [4.78, 5) is 12.8. The topological polar surface area (TPSA) is 29.4 Å². The molecule has 8 heavy (non-hydrogen) atoms. The lowest BCUT2D eigenvalue weighted by Crippen LogP contribution is -1.72. The molecule has 0 saturated heterocycles. The van der Waals surface area contributed by atoms with Crippen LogP contribution >= 0.6 is 0 Å². The lowest BCUT2D eigenvalue weighted by Gasteiger charge is -1.88. The first-order chi connectivity index (χ1) is 3.68. The molecule has 0 fully saturated rings. The summed E-state index contributed by atoms with van der Waals surface area (Å²) < 4.78 is 0. The molecule has 0 atom stereocenters. The van der Waals surface area contributed by atoms with Gasteiger partial charge in [0, 0.05) is 0 Å². The third-order valence-corrected chi connectivity index (χ3v) is 0.673. The number of carbonyl (C=O) groups excluding carboxylic acids is 1. The highest BCUT2D eigenvalue weighted by Gasteiger charge is 1.85. The van der Waals surface area contributed by atoms with Gasteiger partial charge in [-0.15, -0.1) is 0 Å². The number of aliphatic imine (C=N–C) groups is 1. The summed E-state index contributed by atoms with van der Waals surface area (Å²) in [6, 6.07) is 0. The molecule has 0 spiro atoms. The predicted octanol–water partition coefficient (Wildman–Crippen LogP) is 1.41. The molecule has 0 aromatic carbocycles. The van der Waals surface area contributed by atoms with Crippen molar-refractivity contribution in [1.82, 2.24) is 0 Å². The van der Waals surface area contributed by atoms with Crippen molar-refractivity contribution < 1.29 is 4.79 Å². The number of nitrogens with zero attached hydrogens (tertiary/aromatic N) is 1. The van der Waals surface area contributed by atoms with Crippen molar-refractivity contribution >= 4 is 6.08 Å². The molecule has 0 aliphatic carbocycles. The van der Waals surface area contributed by atoms with E-state index in [0.29, 0.717) is 11.3 Å². The SMILES string of the molecule is C=C(C)C(=C)N=C=O. The van der Waals surface area contributed by atoms with Crippen molar-refractivity contribution in [2.45, 2.75) is 6.92 Å². The van der Waals surface area contributed by atoms with Gasteiger partial charge < -0.3 is 0 Å². The number of hydrogen-bond donors (Lipinski definition) is 0. The number of isocyanates is 1. The van der Waals surface area contributed by atoms with E-state index in [-0.39, 0.29) is 0 Å². The van der Waals surface area contributed by atoms with E-state index < -0.39 is 0 Å². The van der Waals surface area contributed by atoms with Crippen molar-refractivity contribution in [3.05, 3.63) is 24.4 Å². The van der Waals surface area contributed by atoms with Crippen LogP contribution in [0.25, 0.3) is 0 Å². The van der Waals surface area contributed by atoms with Gasteiger partial charge in [-0.1, -0.05) is 13.2 Å². The Morgan fingerprint density at radius 2 is 2.12 bits per heavy atom. The van der Waals surface area contributed by atoms with Gasteiger partial charge in [0.15, 0.2) is 0 Å². The van der Waals surface area contributed by atoms with Crippen LogP contribution in [0.15, 0.2) is 29.4 Å². The highest BCUT2D eigenvalue weighted by atomic mass is 16.1.